The maximum absolute atomic E-state index is 12.6. The quantitative estimate of drug-likeness (QED) is 0.261. The molecule has 1 N–H and O–H groups in total. The van der Waals surface area contributed by atoms with E-state index in [4.69, 9.17) is 0 Å². The summed E-state index contributed by atoms with van der Waals surface area (Å²) in [6.45, 7) is 6.29. The van der Waals surface area contributed by atoms with Gasteiger partial charge in [0, 0.05) is 28.2 Å². The molecule has 0 atom stereocenters. The highest BCUT2D eigenvalue weighted by molar-refractivity contribution is 7.92. The SMILES string of the molecule is Cc1cccc(-n2c(C)cc(C=NNC(=O)c3ccc(CN(c4ccccc4)S(C)(=O)=O)cc3)c2C)c1. The summed E-state index contributed by atoms with van der Waals surface area (Å²) in [6.07, 6.45) is 2.82. The number of benzene rings is 3. The number of nitrogens with zero attached hydrogens (tertiary/aromatic N) is 3. The summed E-state index contributed by atoms with van der Waals surface area (Å²) in [5, 5.41) is 4.16. The number of carbonyl (C=O) groups is 1. The molecule has 4 rings (SSSR count). The van der Waals surface area contributed by atoms with Gasteiger partial charge in [0.05, 0.1) is 24.7 Å². The largest absolute Gasteiger partial charge is 0.318 e. The molecule has 7 nitrogen and oxygen atoms in total. The number of amides is 1. The van der Waals surface area contributed by atoms with Gasteiger partial charge in [0.15, 0.2) is 0 Å². The zero-order valence-electron chi connectivity index (χ0n) is 21.3. The summed E-state index contributed by atoms with van der Waals surface area (Å²) in [6, 6.07) is 26.0. The Bertz CT molecular complexity index is 1540. The first-order chi connectivity index (χ1) is 17.6. The highest BCUT2D eigenvalue weighted by Gasteiger charge is 2.18. The van der Waals surface area contributed by atoms with Crippen LogP contribution in [0.5, 0.6) is 0 Å². The molecule has 1 heterocycles. The summed E-state index contributed by atoms with van der Waals surface area (Å²) in [4.78, 5) is 12.6. The van der Waals surface area contributed by atoms with Crippen molar-refractivity contribution < 1.29 is 13.2 Å². The average Bonchev–Trinajstić information content (AvgIpc) is 3.15. The van der Waals surface area contributed by atoms with Gasteiger partial charge in [-0.2, -0.15) is 5.10 Å². The van der Waals surface area contributed by atoms with E-state index in [2.05, 4.69) is 40.2 Å². The van der Waals surface area contributed by atoms with Gasteiger partial charge in [-0.15, -0.1) is 0 Å². The molecule has 0 spiro atoms. The molecule has 37 heavy (non-hydrogen) atoms. The molecule has 0 saturated carbocycles. The van der Waals surface area contributed by atoms with Crippen LogP contribution >= 0.6 is 0 Å². The first-order valence-corrected chi connectivity index (χ1v) is 13.7. The van der Waals surface area contributed by atoms with Crippen molar-refractivity contribution >= 4 is 27.8 Å². The molecule has 0 saturated heterocycles. The smallest absolute Gasteiger partial charge is 0.271 e. The van der Waals surface area contributed by atoms with Crippen LogP contribution in [0.3, 0.4) is 0 Å². The fourth-order valence-corrected chi connectivity index (χ4v) is 5.12. The molecule has 8 heteroatoms. The van der Waals surface area contributed by atoms with Crippen molar-refractivity contribution in [2.75, 3.05) is 10.6 Å². The number of aryl methyl sites for hydroxylation is 2. The van der Waals surface area contributed by atoms with Crippen LogP contribution in [0.15, 0.2) is 90.0 Å². The monoisotopic (exact) mass is 514 g/mol. The molecule has 0 fully saturated rings. The normalized spacial score (nSPS) is 11.6. The van der Waals surface area contributed by atoms with E-state index in [1.165, 1.54) is 16.1 Å². The van der Waals surface area contributed by atoms with Crippen LogP contribution in [-0.4, -0.2) is 31.4 Å². The Labute approximate surface area is 218 Å². The van der Waals surface area contributed by atoms with Crippen LogP contribution in [0, 0.1) is 20.8 Å². The summed E-state index contributed by atoms with van der Waals surface area (Å²) in [5.74, 6) is -0.349. The minimum Gasteiger partial charge on any atom is -0.318 e. The summed E-state index contributed by atoms with van der Waals surface area (Å²) < 4.78 is 28.2. The van der Waals surface area contributed by atoms with Gasteiger partial charge in [0.25, 0.3) is 5.91 Å². The maximum Gasteiger partial charge on any atom is 0.271 e. The Morgan fingerprint density at radius 1 is 0.946 bits per heavy atom. The van der Waals surface area contributed by atoms with E-state index in [1.54, 1.807) is 54.7 Å². The predicted molar refractivity (Wildman–Crippen MR) is 149 cm³/mol. The molecule has 0 aliphatic rings. The zero-order chi connectivity index (χ0) is 26.6. The third-order valence-corrected chi connectivity index (χ3v) is 7.23. The van der Waals surface area contributed by atoms with E-state index in [-0.39, 0.29) is 12.5 Å². The summed E-state index contributed by atoms with van der Waals surface area (Å²) >= 11 is 0. The van der Waals surface area contributed by atoms with Gasteiger partial charge in [-0.1, -0.05) is 42.5 Å². The molecule has 0 aliphatic carbocycles. The number of hydrogen-bond acceptors (Lipinski definition) is 4. The van der Waals surface area contributed by atoms with E-state index >= 15 is 0 Å². The molecular weight excluding hydrogens is 484 g/mol. The molecule has 0 unspecified atom stereocenters. The minimum atomic E-state index is -3.47. The van der Waals surface area contributed by atoms with E-state index in [0.29, 0.717) is 11.3 Å². The van der Waals surface area contributed by atoms with Crippen molar-refractivity contribution in [1.29, 1.82) is 0 Å². The molecule has 190 valence electrons. The van der Waals surface area contributed by atoms with Crippen LogP contribution in [0.25, 0.3) is 5.69 Å². The topological polar surface area (TPSA) is 83.8 Å². The van der Waals surface area contributed by atoms with E-state index in [0.717, 1.165) is 28.2 Å². The van der Waals surface area contributed by atoms with Gasteiger partial charge in [0.1, 0.15) is 0 Å². The number of rotatable bonds is 8. The second-order valence-corrected chi connectivity index (χ2v) is 10.9. The van der Waals surface area contributed by atoms with Crippen LogP contribution in [0.2, 0.25) is 0 Å². The van der Waals surface area contributed by atoms with Crippen LogP contribution in [-0.2, 0) is 16.6 Å². The average molecular weight is 515 g/mol. The zero-order valence-corrected chi connectivity index (χ0v) is 22.2. The standard InChI is InChI=1S/C29H30N4O3S/c1-21-9-8-12-28(17-21)33-22(2)18-26(23(33)3)19-30-31-29(34)25-15-13-24(14-16-25)20-32(37(4,35)36)27-10-6-5-7-11-27/h5-19H,20H2,1-4H3,(H,31,34). The van der Waals surface area contributed by atoms with Crippen molar-refractivity contribution in [2.24, 2.45) is 5.10 Å². The lowest BCUT2D eigenvalue weighted by molar-refractivity contribution is 0.0955. The number of anilines is 1. The first kappa shape index (κ1) is 25.9. The Morgan fingerprint density at radius 2 is 1.65 bits per heavy atom. The van der Waals surface area contributed by atoms with Gasteiger partial charge < -0.3 is 4.57 Å². The summed E-state index contributed by atoms with van der Waals surface area (Å²) in [5.41, 5.74) is 9.63. The molecule has 0 bridgehead atoms. The Hall–Kier alpha value is -4.17. The van der Waals surface area contributed by atoms with Crippen molar-refractivity contribution in [2.45, 2.75) is 27.3 Å². The number of nitrogens with one attached hydrogen (secondary N) is 1. The Balaban J connectivity index is 1.43. The number of hydrazone groups is 1. The van der Waals surface area contributed by atoms with Crippen molar-refractivity contribution in [3.8, 4) is 5.69 Å². The highest BCUT2D eigenvalue weighted by Crippen LogP contribution is 2.21. The van der Waals surface area contributed by atoms with Gasteiger partial charge in [-0.05, 0) is 74.4 Å². The molecule has 0 aliphatic heterocycles. The molecule has 3 aromatic carbocycles. The maximum atomic E-state index is 12.6. The highest BCUT2D eigenvalue weighted by atomic mass is 32.2. The lowest BCUT2D eigenvalue weighted by atomic mass is 10.1. The number of hydrogen-bond donors (Lipinski definition) is 1. The van der Waals surface area contributed by atoms with Crippen LogP contribution in [0.4, 0.5) is 5.69 Å². The number of sulfonamides is 1. The van der Waals surface area contributed by atoms with Crippen molar-refractivity contribution in [3.05, 3.63) is 119 Å². The lowest BCUT2D eigenvalue weighted by Crippen LogP contribution is -2.29. The second kappa shape index (κ2) is 10.8. The number of para-hydroxylation sites is 1. The number of aromatic nitrogens is 1. The third kappa shape index (κ3) is 6.16. The van der Waals surface area contributed by atoms with Gasteiger partial charge in [-0.3, -0.25) is 9.10 Å². The first-order valence-electron chi connectivity index (χ1n) is 11.8. The molecular formula is C29H30N4O3S. The predicted octanol–water partition coefficient (Wildman–Crippen LogP) is 5.13. The summed E-state index contributed by atoms with van der Waals surface area (Å²) in [7, 11) is -3.47. The number of carbonyl (C=O) groups excluding carboxylic acids is 1. The van der Waals surface area contributed by atoms with Crippen molar-refractivity contribution in [1.82, 2.24) is 9.99 Å². The Morgan fingerprint density at radius 3 is 2.30 bits per heavy atom. The lowest BCUT2D eigenvalue weighted by Gasteiger charge is -2.22. The van der Waals surface area contributed by atoms with Gasteiger partial charge in [-0.25, -0.2) is 13.8 Å². The molecule has 4 aromatic rings. The second-order valence-electron chi connectivity index (χ2n) is 9.00. The fraction of sp³-hybridized carbons (Fsp3) is 0.172. The van der Waals surface area contributed by atoms with E-state index in [1.807, 2.05) is 32.0 Å². The molecule has 1 amide bonds. The molecule has 1 aromatic heterocycles. The molecule has 0 radical (unpaired) electrons. The van der Waals surface area contributed by atoms with Crippen LogP contribution < -0.4 is 9.73 Å². The van der Waals surface area contributed by atoms with Crippen molar-refractivity contribution in [3.63, 3.8) is 0 Å². The van der Waals surface area contributed by atoms with E-state index in [9.17, 15) is 13.2 Å². The van der Waals surface area contributed by atoms with E-state index < -0.39 is 10.0 Å². The van der Waals surface area contributed by atoms with Gasteiger partial charge >= 0.3 is 0 Å². The third-order valence-electron chi connectivity index (χ3n) is 6.09. The van der Waals surface area contributed by atoms with Crippen LogP contribution in [0.1, 0.15) is 38.4 Å². The van der Waals surface area contributed by atoms with Gasteiger partial charge in [0.2, 0.25) is 10.0 Å². The fourth-order valence-electron chi connectivity index (χ4n) is 4.23. The minimum absolute atomic E-state index is 0.166. The Kier molecular flexibility index (Phi) is 7.59.